The number of benzene rings is 1. The lowest BCUT2D eigenvalue weighted by Crippen LogP contribution is -2.30. The van der Waals surface area contributed by atoms with Gasteiger partial charge in [0.15, 0.2) is 0 Å². The van der Waals surface area contributed by atoms with Gasteiger partial charge >= 0.3 is 0 Å². The first-order valence-electron chi connectivity index (χ1n) is 6.04. The van der Waals surface area contributed by atoms with E-state index in [0.717, 1.165) is 18.4 Å². The van der Waals surface area contributed by atoms with Crippen LogP contribution in [0.5, 0.6) is 0 Å². The third-order valence-electron chi connectivity index (χ3n) is 3.12. The lowest BCUT2D eigenvalue weighted by Gasteiger charge is -2.19. The summed E-state index contributed by atoms with van der Waals surface area (Å²) in [5.41, 5.74) is 6.98. The Kier molecular flexibility index (Phi) is 5.10. The second kappa shape index (κ2) is 6.35. The molecular weight excluding hydrogens is 216 g/mol. The molecular formula is C13H20N2O2. The van der Waals surface area contributed by atoms with Gasteiger partial charge in [0, 0.05) is 17.7 Å². The summed E-state index contributed by atoms with van der Waals surface area (Å²) in [6.07, 6.45) is 2.71. The van der Waals surface area contributed by atoms with E-state index in [-0.39, 0.29) is 16.7 Å². The molecule has 17 heavy (non-hydrogen) atoms. The van der Waals surface area contributed by atoms with E-state index in [1.165, 1.54) is 6.07 Å². The topological polar surface area (TPSA) is 69.2 Å². The predicted molar refractivity (Wildman–Crippen MR) is 68.8 cm³/mol. The van der Waals surface area contributed by atoms with E-state index in [4.69, 9.17) is 5.73 Å². The van der Waals surface area contributed by atoms with Crippen molar-refractivity contribution in [1.29, 1.82) is 0 Å². The van der Waals surface area contributed by atoms with Crippen LogP contribution in [0.1, 0.15) is 32.3 Å². The number of para-hydroxylation sites is 1. The second-order valence-electron chi connectivity index (χ2n) is 4.52. The normalized spacial score (nSPS) is 14.3. The minimum atomic E-state index is -0.341. The van der Waals surface area contributed by atoms with E-state index < -0.39 is 0 Å². The fourth-order valence-corrected chi connectivity index (χ4v) is 1.99. The first kappa shape index (κ1) is 13.6. The van der Waals surface area contributed by atoms with Crippen molar-refractivity contribution in [2.24, 2.45) is 11.7 Å². The fourth-order valence-electron chi connectivity index (χ4n) is 1.99. The molecule has 0 saturated carbocycles. The molecule has 0 spiro atoms. The molecule has 0 fully saturated rings. The second-order valence-corrected chi connectivity index (χ2v) is 4.52. The zero-order valence-electron chi connectivity index (χ0n) is 10.4. The summed E-state index contributed by atoms with van der Waals surface area (Å²) in [5, 5.41) is 10.9. The van der Waals surface area contributed by atoms with Crippen LogP contribution in [0, 0.1) is 16.0 Å². The monoisotopic (exact) mass is 236 g/mol. The number of hydrogen-bond donors (Lipinski definition) is 1. The van der Waals surface area contributed by atoms with Crippen molar-refractivity contribution in [3.05, 3.63) is 39.9 Å². The smallest absolute Gasteiger partial charge is 0.272 e. The number of rotatable bonds is 6. The van der Waals surface area contributed by atoms with Crippen molar-refractivity contribution in [2.75, 3.05) is 0 Å². The summed E-state index contributed by atoms with van der Waals surface area (Å²) >= 11 is 0. The predicted octanol–water partition coefficient (Wildman–Crippen LogP) is 2.90. The highest BCUT2D eigenvalue weighted by atomic mass is 16.6. The number of nitrogens with zero attached hydrogens (tertiary/aromatic N) is 1. The van der Waals surface area contributed by atoms with Gasteiger partial charge < -0.3 is 5.73 Å². The van der Waals surface area contributed by atoms with E-state index >= 15 is 0 Å². The average Bonchev–Trinajstić information content (AvgIpc) is 2.29. The molecule has 0 heterocycles. The molecule has 94 valence electrons. The van der Waals surface area contributed by atoms with Gasteiger partial charge in [-0.1, -0.05) is 38.5 Å². The Labute approximate surface area is 102 Å². The van der Waals surface area contributed by atoms with E-state index in [2.05, 4.69) is 13.8 Å². The molecule has 0 aliphatic carbocycles. The van der Waals surface area contributed by atoms with Crippen LogP contribution in [0.3, 0.4) is 0 Å². The molecule has 0 amide bonds. The van der Waals surface area contributed by atoms with Gasteiger partial charge in [0.2, 0.25) is 0 Å². The van der Waals surface area contributed by atoms with E-state index in [1.807, 2.05) is 6.07 Å². The lowest BCUT2D eigenvalue weighted by atomic mass is 9.92. The van der Waals surface area contributed by atoms with Crippen molar-refractivity contribution in [3.8, 4) is 0 Å². The Hall–Kier alpha value is -1.42. The van der Waals surface area contributed by atoms with Gasteiger partial charge in [-0.15, -0.1) is 0 Å². The Balaban J connectivity index is 2.77. The Morgan fingerprint density at radius 3 is 2.65 bits per heavy atom. The van der Waals surface area contributed by atoms with E-state index in [0.29, 0.717) is 12.3 Å². The van der Waals surface area contributed by atoms with Gasteiger partial charge in [-0.3, -0.25) is 10.1 Å². The Morgan fingerprint density at radius 1 is 1.41 bits per heavy atom. The van der Waals surface area contributed by atoms with Gasteiger partial charge in [-0.2, -0.15) is 0 Å². The summed E-state index contributed by atoms with van der Waals surface area (Å²) in [7, 11) is 0. The summed E-state index contributed by atoms with van der Waals surface area (Å²) in [6.45, 7) is 4.22. The highest BCUT2D eigenvalue weighted by molar-refractivity contribution is 5.40. The van der Waals surface area contributed by atoms with Gasteiger partial charge in [-0.25, -0.2) is 0 Å². The molecule has 0 aromatic heterocycles. The molecule has 0 aliphatic heterocycles. The quantitative estimate of drug-likeness (QED) is 0.610. The van der Waals surface area contributed by atoms with Gasteiger partial charge in [0.05, 0.1) is 4.92 Å². The fraction of sp³-hybridized carbons (Fsp3) is 0.538. The largest absolute Gasteiger partial charge is 0.327 e. The molecule has 2 unspecified atom stereocenters. The van der Waals surface area contributed by atoms with Crippen molar-refractivity contribution < 1.29 is 4.92 Å². The first-order valence-corrected chi connectivity index (χ1v) is 6.04. The number of hydrogen-bond acceptors (Lipinski definition) is 3. The van der Waals surface area contributed by atoms with Crippen LogP contribution >= 0.6 is 0 Å². The third kappa shape index (κ3) is 3.82. The molecule has 1 aromatic rings. The van der Waals surface area contributed by atoms with E-state index in [9.17, 15) is 10.1 Å². The summed E-state index contributed by atoms with van der Waals surface area (Å²) in [5.74, 6) is 0.389. The Morgan fingerprint density at radius 2 is 2.06 bits per heavy atom. The lowest BCUT2D eigenvalue weighted by molar-refractivity contribution is -0.385. The molecule has 1 aromatic carbocycles. The molecule has 0 radical (unpaired) electrons. The van der Waals surface area contributed by atoms with E-state index in [1.54, 1.807) is 12.1 Å². The molecule has 0 saturated heterocycles. The summed E-state index contributed by atoms with van der Waals surface area (Å²) in [6, 6.07) is 6.81. The molecule has 4 nitrogen and oxygen atoms in total. The van der Waals surface area contributed by atoms with Gasteiger partial charge in [0.25, 0.3) is 5.69 Å². The van der Waals surface area contributed by atoms with Crippen molar-refractivity contribution in [2.45, 2.75) is 39.2 Å². The number of nitro benzene ring substituents is 1. The van der Waals surface area contributed by atoms with Crippen molar-refractivity contribution >= 4 is 5.69 Å². The van der Waals surface area contributed by atoms with Crippen LogP contribution in [0.2, 0.25) is 0 Å². The maximum absolute atomic E-state index is 10.9. The zero-order valence-corrected chi connectivity index (χ0v) is 10.4. The molecule has 0 aliphatic rings. The maximum atomic E-state index is 10.9. The van der Waals surface area contributed by atoms with Crippen LogP contribution in [-0.2, 0) is 6.42 Å². The van der Waals surface area contributed by atoms with Crippen molar-refractivity contribution in [1.82, 2.24) is 0 Å². The Bertz CT molecular complexity index is 379. The van der Waals surface area contributed by atoms with Crippen LogP contribution in [-0.4, -0.2) is 11.0 Å². The standard InChI is InChI=1S/C13H20N2O2/c1-3-6-10(2)12(14)9-11-7-4-5-8-13(11)15(16)17/h4-5,7-8,10,12H,3,6,9,14H2,1-2H3. The molecule has 1 rings (SSSR count). The van der Waals surface area contributed by atoms with Crippen LogP contribution < -0.4 is 5.73 Å². The van der Waals surface area contributed by atoms with Crippen molar-refractivity contribution in [3.63, 3.8) is 0 Å². The molecule has 0 bridgehead atoms. The van der Waals surface area contributed by atoms with Crippen LogP contribution in [0.15, 0.2) is 24.3 Å². The van der Waals surface area contributed by atoms with Gasteiger partial charge in [-0.05, 0) is 18.8 Å². The molecule has 2 atom stereocenters. The number of nitrogens with two attached hydrogens (primary N) is 1. The highest BCUT2D eigenvalue weighted by Crippen LogP contribution is 2.21. The average molecular weight is 236 g/mol. The van der Waals surface area contributed by atoms with Gasteiger partial charge in [0.1, 0.15) is 0 Å². The summed E-state index contributed by atoms with van der Waals surface area (Å²) in [4.78, 5) is 10.5. The van der Waals surface area contributed by atoms with Crippen LogP contribution in [0.25, 0.3) is 0 Å². The minimum absolute atomic E-state index is 0.0175. The molecule has 4 heteroatoms. The summed E-state index contributed by atoms with van der Waals surface area (Å²) < 4.78 is 0. The zero-order chi connectivity index (χ0) is 12.8. The minimum Gasteiger partial charge on any atom is -0.327 e. The molecule has 2 N–H and O–H groups in total. The maximum Gasteiger partial charge on any atom is 0.272 e. The number of nitro groups is 1. The SMILES string of the molecule is CCCC(C)C(N)Cc1ccccc1[N+](=O)[O-]. The highest BCUT2D eigenvalue weighted by Gasteiger charge is 2.18. The van der Waals surface area contributed by atoms with Crippen LogP contribution in [0.4, 0.5) is 5.69 Å². The third-order valence-corrected chi connectivity index (χ3v) is 3.12. The first-order chi connectivity index (χ1) is 8.06.